The Hall–Kier alpha value is -3.48. The Morgan fingerprint density at radius 3 is 2.69 bits per heavy atom. The van der Waals surface area contributed by atoms with E-state index in [-0.39, 0.29) is 12.6 Å². The molecular weight excluding hydrogens is 370 g/mol. The molecule has 3 aromatic rings. The molecule has 0 fully saturated rings. The summed E-state index contributed by atoms with van der Waals surface area (Å²) in [7, 11) is 1.62. The van der Waals surface area contributed by atoms with Crippen LogP contribution >= 0.6 is 0 Å². The number of hydrogen-bond acceptors (Lipinski definition) is 3. The minimum atomic E-state index is -0.994. The Morgan fingerprint density at radius 2 is 1.97 bits per heavy atom. The van der Waals surface area contributed by atoms with Gasteiger partial charge in [0.05, 0.1) is 13.7 Å². The van der Waals surface area contributed by atoms with Gasteiger partial charge in [0.2, 0.25) is 0 Å². The van der Waals surface area contributed by atoms with Crippen molar-refractivity contribution in [2.45, 2.75) is 25.4 Å². The fourth-order valence-electron chi connectivity index (χ4n) is 3.85. The first-order valence-corrected chi connectivity index (χ1v) is 9.55. The van der Waals surface area contributed by atoms with Crippen molar-refractivity contribution >= 4 is 22.9 Å². The number of amides is 2. The zero-order chi connectivity index (χ0) is 20.4. The summed E-state index contributed by atoms with van der Waals surface area (Å²) in [5, 5.41) is 13.6. The second-order valence-electron chi connectivity index (χ2n) is 7.14. The summed E-state index contributed by atoms with van der Waals surface area (Å²) in [5.74, 6) is -0.212. The summed E-state index contributed by atoms with van der Waals surface area (Å²) < 4.78 is 5.14. The predicted octanol–water partition coefficient (Wildman–Crippen LogP) is 2.94. The Balaban J connectivity index is 1.45. The van der Waals surface area contributed by atoms with E-state index in [1.165, 1.54) is 4.90 Å². The molecule has 0 aliphatic carbocycles. The van der Waals surface area contributed by atoms with Crippen LogP contribution in [0.2, 0.25) is 0 Å². The molecule has 0 radical (unpaired) electrons. The number of nitrogens with zero attached hydrogens (tertiary/aromatic N) is 1. The molecule has 1 aliphatic rings. The number of urea groups is 1. The maximum Gasteiger partial charge on any atom is 0.326 e. The number of aromatic amines is 1. The van der Waals surface area contributed by atoms with Gasteiger partial charge in [0.1, 0.15) is 11.8 Å². The molecule has 1 aliphatic heterocycles. The van der Waals surface area contributed by atoms with Crippen LogP contribution in [-0.2, 0) is 24.2 Å². The molecule has 1 aromatic heterocycles. The van der Waals surface area contributed by atoms with Crippen molar-refractivity contribution < 1.29 is 19.4 Å². The number of carboxylic acid groups (broad SMARTS) is 1. The Bertz CT molecular complexity index is 1040. The molecule has 0 bridgehead atoms. The zero-order valence-corrected chi connectivity index (χ0v) is 16.1. The number of benzene rings is 2. The van der Waals surface area contributed by atoms with E-state index < -0.39 is 12.0 Å². The minimum Gasteiger partial charge on any atom is -0.497 e. The van der Waals surface area contributed by atoms with Gasteiger partial charge in [-0.2, -0.15) is 0 Å². The highest BCUT2D eigenvalue weighted by molar-refractivity contribution is 5.89. The van der Waals surface area contributed by atoms with Gasteiger partial charge in [-0.15, -0.1) is 0 Å². The third-order valence-electron chi connectivity index (χ3n) is 5.40. The Kier molecular flexibility index (Phi) is 5.12. The molecule has 3 N–H and O–H groups in total. The van der Waals surface area contributed by atoms with Crippen LogP contribution in [0.1, 0.15) is 16.8 Å². The monoisotopic (exact) mass is 393 g/mol. The van der Waals surface area contributed by atoms with Crippen LogP contribution in [0.5, 0.6) is 5.75 Å². The first-order valence-electron chi connectivity index (χ1n) is 9.55. The van der Waals surface area contributed by atoms with Crippen LogP contribution in [0.25, 0.3) is 10.9 Å². The standard InChI is InChI=1S/C22H23N3O4/c1-29-15-8-6-14(7-9-15)10-11-23-22(28)25-13-19-17(12-20(25)21(26)27)16-4-2-3-5-18(16)24-19/h2-9,20,24H,10-13H2,1H3,(H,23,28)(H,26,27). The van der Waals surface area contributed by atoms with E-state index in [4.69, 9.17) is 4.74 Å². The molecule has 7 heteroatoms. The molecular formula is C22H23N3O4. The molecule has 150 valence electrons. The molecule has 2 heterocycles. The topological polar surface area (TPSA) is 94.7 Å². The van der Waals surface area contributed by atoms with Crippen molar-refractivity contribution in [2.75, 3.05) is 13.7 Å². The van der Waals surface area contributed by atoms with Gasteiger partial charge in [-0.05, 0) is 35.7 Å². The highest BCUT2D eigenvalue weighted by Crippen LogP contribution is 2.30. The predicted molar refractivity (Wildman–Crippen MR) is 109 cm³/mol. The quantitative estimate of drug-likeness (QED) is 0.621. The number of carbonyl (C=O) groups excluding carboxylic acids is 1. The molecule has 0 saturated heterocycles. The van der Waals surface area contributed by atoms with E-state index in [0.717, 1.165) is 33.5 Å². The molecule has 2 aromatic carbocycles. The van der Waals surface area contributed by atoms with E-state index >= 15 is 0 Å². The average molecular weight is 393 g/mol. The summed E-state index contributed by atoms with van der Waals surface area (Å²) in [5.41, 5.74) is 3.91. The van der Waals surface area contributed by atoms with Gasteiger partial charge in [0.25, 0.3) is 0 Å². The van der Waals surface area contributed by atoms with Crippen molar-refractivity contribution in [3.63, 3.8) is 0 Å². The smallest absolute Gasteiger partial charge is 0.326 e. The van der Waals surface area contributed by atoms with Gasteiger partial charge in [-0.1, -0.05) is 30.3 Å². The number of ether oxygens (including phenoxy) is 1. The number of carbonyl (C=O) groups is 2. The number of carboxylic acids is 1. The highest BCUT2D eigenvalue weighted by atomic mass is 16.5. The van der Waals surface area contributed by atoms with Crippen LogP contribution in [-0.4, -0.2) is 46.7 Å². The lowest BCUT2D eigenvalue weighted by atomic mass is 9.97. The van der Waals surface area contributed by atoms with Gasteiger partial charge >= 0.3 is 12.0 Å². The molecule has 2 amide bonds. The van der Waals surface area contributed by atoms with E-state index in [2.05, 4.69) is 10.3 Å². The molecule has 0 saturated carbocycles. The summed E-state index contributed by atoms with van der Waals surface area (Å²) in [6, 6.07) is 14.2. The maximum absolute atomic E-state index is 12.7. The third-order valence-corrected chi connectivity index (χ3v) is 5.40. The largest absolute Gasteiger partial charge is 0.497 e. The lowest BCUT2D eigenvalue weighted by Gasteiger charge is -2.33. The molecule has 0 spiro atoms. The third kappa shape index (κ3) is 3.76. The summed E-state index contributed by atoms with van der Waals surface area (Å²) in [6.07, 6.45) is 0.944. The number of fused-ring (bicyclic) bond motifs is 3. The van der Waals surface area contributed by atoms with E-state index in [9.17, 15) is 14.7 Å². The van der Waals surface area contributed by atoms with E-state index in [0.29, 0.717) is 19.4 Å². The van der Waals surface area contributed by atoms with Crippen LogP contribution in [0.4, 0.5) is 4.79 Å². The fourth-order valence-corrected chi connectivity index (χ4v) is 3.85. The summed E-state index contributed by atoms with van der Waals surface area (Å²) >= 11 is 0. The lowest BCUT2D eigenvalue weighted by Crippen LogP contribution is -2.52. The highest BCUT2D eigenvalue weighted by Gasteiger charge is 2.36. The number of aromatic nitrogens is 1. The summed E-state index contributed by atoms with van der Waals surface area (Å²) in [4.78, 5) is 29.3. The van der Waals surface area contributed by atoms with Crippen molar-refractivity contribution in [1.82, 2.24) is 15.2 Å². The number of methoxy groups -OCH3 is 1. The van der Waals surface area contributed by atoms with E-state index in [1.54, 1.807) is 7.11 Å². The normalized spacial score (nSPS) is 15.8. The number of nitrogens with one attached hydrogen (secondary N) is 2. The zero-order valence-electron chi connectivity index (χ0n) is 16.1. The van der Waals surface area contributed by atoms with Gasteiger partial charge in [-0.25, -0.2) is 9.59 Å². The van der Waals surface area contributed by atoms with Crippen LogP contribution in [0.15, 0.2) is 48.5 Å². The lowest BCUT2D eigenvalue weighted by molar-refractivity contribution is -0.142. The average Bonchev–Trinajstić information content (AvgIpc) is 3.11. The number of rotatable bonds is 5. The van der Waals surface area contributed by atoms with Gasteiger partial charge in [-0.3, -0.25) is 0 Å². The van der Waals surface area contributed by atoms with Crippen molar-refractivity contribution in [1.29, 1.82) is 0 Å². The fraction of sp³-hybridized carbons (Fsp3) is 0.273. The minimum absolute atomic E-state index is 0.245. The number of aliphatic carboxylic acids is 1. The summed E-state index contributed by atoms with van der Waals surface area (Å²) in [6.45, 7) is 0.670. The SMILES string of the molecule is COc1ccc(CCNC(=O)N2Cc3[nH]c4ccccc4c3CC2C(=O)O)cc1. The number of hydrogen-bond donors (Lipinski definition) is 3. The van der Waals surface area contributed by atoms with E-state index in [1.807, 2.05) is 48.5 Å². The van der Waals surface area contributed by atoms with Crippen LogP contribution in [0.3, 0.4) is 0 Å². The molecule has 4 rings (SSSR count). The first kappa shape index (κ1) is 18.9. The number of para-hydroxylation sites is 1. The maximum atomic E-state index is 12.7. The number of H-pyrrole nitrogens is 1. The van der Waals surface area contributed by atoms with Gasteiger partial charge in [0, 0.05) is 29.6 Å². The van der Waals surface area contributed by atoms with Gasteiger partial charge < -0.3 is 25.0 Å². The Labute approximate surface area is 168 Å². The van der Waals surface area contributed by atoms with Crippen LogP contribution < -0.4 is 10.1 Å². The molecule has 7 nitrogen and oxygen atoms in total. The van der Waals surface area contributed by atoms with Crippen molar-refractivity contribution in [3.05, 3.63) is 65.4 Å². The van der Waals surface area contributed by atoms with Crippen LogP contribution in [0, 0.1) is 0 Å². The Morgan fingerprint density at radius 1 is 1.21 bits per heavy atom. The van der Waals surface area contributed by atoms with Gasteiger partial charge in [0.15, 0.2) is 0 Å². The second-order valence-corrected chi connectivity index (χ2v) is 7.14. The van der Waals surface area contributed by atoms with Crippen molar-refractivity contribution in [3.8, 4) is 5.75 Å². The molecule has 29 heavy (non-hydrogen) atoms. The van der Waals surface area contributed by atoms with Crippen molar-refractivity contribution in [2.24, 2.45) is 0 Å². The first-order chi connectivity index (χ1) is 14.1. The second kappa shape index (κ2) is 7.87. The molecule has 1 atom stereocenters. The molecule has 1 unspecified atom stereocenters.